The first-order valence-corrected chi connectivity index (χ1v) is 20.9. The largest absolute Gasteiger partial charge is 0.485 e. The molecule has 0 spiro atoms. The number of hydrogen-bond donors (Lipinski definition) is 0. The van der Waals surface area contributed by atoms with E-state index in [1.54, 1.807) is 36.4 Å². The standard InChI is InChI=1S/C45H40O8S2/c46-54(47,27-25-36-21-23-42(50-31-38-13-5-1-6-14-38)44(29-36)52-33-40-17-9-3-10-18-40)35-55(48,49)28-26-37-22-24-43(51-32-39-15-7-2-8-16-39)45(30-37)53-34-41-19-11-4-12-20-41/h1-30H,31-35H2/b27-25+,28-26+. The minimum absolute atomic E-state index is 0.267. The summed E-state index contributed by atoms with van der Waals surface area (Å²) in [6, 6.07) is 48.7. The summed E-state index contributed by atoms with van der Waals surface area (Å²) in [4.78, 5) is 0. The lowest BCUT2D eigenvalue weighted by Gasteiger charge is -2.14. The average Bonchev–Trinajstić information content (AvgIpc) is 3.21. The van der Waals surface area contributed by atoms with Crippen molar-refractivity contribution >= 4 is 31.8 Å². The number of ether oxygens (including phenoxy) is 4. The van der Waals surface area contributed by atoms with Crippen molar-refractivity contribution in [3.05, 3.63) is 202 Å². The summed E-state index contributed by atoms with van der Waals surface area (Å²) in [5.74, 6) is 1.80. The van der Waals surface area contributed by atoms with Crippen LogP contribution in [-0.4, -0.2) is 21.9 Å². The van der Waals surface area contributed by atoms with Crippen molar-refractivity contribution in [1.82, 2.24) is 0 Å². The first-order chi connectivity index (χ1) is 26.7. The van der Waals surface area contributed by atoms with Crippen LogP contribution in [0.25, 0.3) is 12.2 Å². The fourth-order valence-electron chi connectivity index (χ4n) is 5.33. The zero-order chi connectivity index (χ0) is 38.4. The lowest BCUT2D eigenvalue weighted by molar-refractivity contribution is 0.256. The summed E-state index contributed by atoms with van der Waals surface area (Å²) < 4.78 is 76.6. The van der Waals surface area contributed by atoms with E-state index in [0.29, 0.717) is 47.3 Å². The van der Waals surface area contributed by atoms with E-state index in [9.17, 15) is 16.8 Å². The summed E-state index contributed by atoms with van der Waals surface area (Å²) in [6.07, 6.45) is 2.69. The maximum Gasteiger partial charge on any atom is 0.186 e. The molecule has 0 saturated carbocycles. The monoisotopic (exact) mass is 772 g/mol. The summed E-state index contributed by atoms with van der Waals surface area (Å²) >= 11 is 0. The highest BCUT2D eigenvalue weighted by atomic mass is 32.3. The molecule has 0 unspecified atom stereocenters. The number of rotatable bonds is 18. The Morgan fingerprint density at radius 2 is 0.655 bits per heavy atom. The molecule has 280 valence electrons. The number of benzene rings is 6. The molecule has 0 saturated heterocycles. The molecule has 6 aromatic rings. The second kappa shape index (κ2) is 18.8. The van der Waals surface area contributed by atoms with Crippen LogP contribution in [0.4, 0.5) is 0 Å². The molecule has 6 aromatic carbocycles. The van der Waals surface area contributed by atoms with E-state index in [2.05, 4.69) is 0 Å². The molecule has 0 N–H and O–H groups in total. The van der Waals surface area contributed by atoms with E-state index in [1.165, 1.54) is 12.2 Å². The summed E-state index contributed by atoms with van der Waals surface area (Å²) in [5, 5.41) is 0.680. The van der Waals surface area contributed by atoms with Crippen molar-refractivity contribution in [3.8, 4) is 23.0 Å². The molecule has 0 aliphatic carbocycles. The zero-order valence-electron chi connectivity index (χ0n) is 29.9. The van der Waals surface area contributed by atoms with Gasteiger partial charge >= 0.3 is 0 Å². The highest BCUT2D eigenvalue weighted by molar-refractivity contribution is 8.10. The molecule has 8 nitrogen and oxygen atoms in total. The van der Waals surface area contributed by atoms with Crippen LogP contribution in [0.5, 0.6) is 23.0 Å². The van der Waals surface area contributed by atoms with Crippen LogP contribution in [0.2, 0.25) is 0 Å². The molecule has 0 amide bonds. The van der Waals surface area contributed by atoms with Crippen molar-refractivity contribution in [3.63, 3.8) is 0 Å². The lowest BCUT2D eigenvalue weighted by Crippen LogP contribution is -2.11. The Bertz CT molecular complexity index is 2240. The van der Waals surface area contributed by atoms with Crippen LogP contribution in [0.1, 0.15) is 33.4 Å². The van der Waals surface area contributed by atoms with Gasteiger partial charge in [0.1, 0.15) is 26.4 Å². The minimum Gasteiger partial charge on any atom is -0.485 e. The van der Waals surface area contributed by atoms with Crippen molar-refractivity contribution < 1.29 is 35.8 Å². The Balaban J connectivity index is 1.14. The minimum atomic E-state index is -4.19. The van der Waals surface area contributed by atoms with Gasteiger partial charge in [-0.25, -0.2) is 16.8 Å². The van der Waals surface area contributed by atoms with Crippen molar-refractivity contribution in [2.45, 2.75) is 26.4 Å². The molecule has 0 radical (unpaired) electrons. The van der Waals surface area contributed by atoms with Gasteiger partial charge in [-0.05, 0) is 69.8 Å². The third kappa shape index (κ3) is 12.5. The van der Waals surface area contributed by atoms with E-state index in [1.807, 2.05) is 121 Å². The van der Waals surface area contributed by atoms with Crippen LogP contribution >= 0.6 is 0 Å². The Morgan fingerprint density at radius 3 is 0.964 bits per heavy atom. The Morgan fingerprint density at radius 1 is 0.364 bits per heavy atom. The molecule has 0 aromatic heterocycles. The maximum atomic E-state index is 13.1. The average molecular weight is 773 g/mol. The summed E-state index contributed by atoms with van der Waals surface area (Å²) in [6.45, 7) is 1.16. The van der Waals surface area contributed by atoms with Gasteiger partial charge < -0.3 is 18.9 Å². The first-order valence-electron chi connectivity index (χ1n) is 17.5. The van der Waals surface area contributed by atoms with Crippen molar-refractivity contribution in [2.24, 2.45) is 0 Å². The smallest absolute Gasteiger partial charge is 0.186 e. The van der Waals surface area contributed by atoms with Gasteiger partial charge in [-0.3, -0.25) is 0 Å². The van der Waals surface area contributed by atoms with E-state index in [0.717, 1.165) is 33.1 Å². The predicted molar refractivity (Wildman–Crippen MR) is 217 cm³/mol. The molecular weight excluding hydrogens is 733 g/mol. The van der Waals surface area contributed by atoms with Gasteiger partial charge in [0.2, 0.25) is 0 Å². The Kier molecular flexibility index (Phi) is 13.2. The van der Waals surface area contributed by atoms with Gasteiger partial charge in [-0.15, -0.1) is 0 Å². The highest BCUT2D eigenvalue weighted by Crippen LogP contribution is 2.32. The topological polar surface area (TPSA) is 105 Å². The molecule has 0 atom stereocenters. The van der Waals surface area contributed by atoms with E-state index in [-0.39, 0.29) is 13.2 Å². The fourth-order valence-corrected chi connectivity index (χ4v) is 8.52. The molecular formula is C45H40O8S2. The summed E-state index contributed by atoms with van der Waals surface area (Å²) in [7, 11) is -8.38. The SMILES string of the molecule is O=S(=O)(/C=C/c1ccc(OCc2ccccc2)c(OCc2ccccc2)c1)CS(=O)(=O)/C=C/c1ccc(OCc2ccccc2)c(OCc2ccccc2)c1. The molecule has 0 aliphatic rings. The van der Waals surface area contributed by atoms with Crippen LogP contribution < -0.4 is 18.9 Å². The molecule has 10 heteroatoms. The molecule has 0 bridgehead atoms. The van der Waals surface area contributed by atoms with Gasteiger partial charge in [-0.1, -0.05) is 133 Å². The quantitative estimate of drug-likeness (QED) is 0.0852. The van der Waals surface area contributed by atoms with Crippen molar-refractivity contribution in [2.75, 3.05) is 5.08 Å². The van der Waals surface area contributed by atoms with Crippen LogP contribution in [0.15, 0.2) is 169 Å². The Hall–Kier alpha value is -6.10. The summed E-state index contributed by atoms with van der Waals surface area (Å²) in [5.41, 5.74) is 4.82. The van der Waals surface area contributed by atoms with Crippen LogP contribution in [-0.2, 0) is 46.1 Å². The van der Waals surface area contributed by atoms with E-state index in [4.69, 9.17) is 18.9 Å². The molecule has 0 fully saturated rings. The van der Waals surface area contributed by atoms with Gasteiger partial charge in [0, 0.05) is 10.8 Å². The predicted octanol–water partition coefficient (Wildman–Crippen LogP) is 9.43. The van der Waals surface area contributed by atoms with E-state index < -0.39 is 24.8 Å². The first kappa shape index (κ1) is 38.6. The third-order valence-electron chi connectivity index (χ3n) is 8.15. The highest BCUT2D eigenvalue weighted by Gasteiger charge is 2.18. The van der Waals surface area contributed by atoms with Gasteiger partial charge in [-0.2, -0.15) is 0 Å². The number of sulfone groups is 2. The lowest BCUT2D eigenvalue weighted by atomic mass is 10.2. The Labute approximate surface area is 322 Å². The van der Waals surface area contributed by atoms with Crippen molar-refractivity contribution in [1.29, 1.82) is 0 Å². The maximum absolute atomic E-state index is 13.1. The fraction of sp³-hybridized carbons (Fsp3) is 0.111. The second-order valence-corrected chi connectivity index (χ2v) is 16.7. The van der Waals surface area contributed by atoms with Gasteiger partial charge in [0.15, 0.2) is 47.8 Å². The zero-order valence-corrected chi connectivity index (χ0v) is 31.6. The molecule has 0 heterocycles. The number of hydrogen-bond acceptors (Lipinski definition) is 8. The normalized spacial score (nSPS) is 11.8. The van der Waals surface area contributed by atoms with Crippen LogP contribution in [0, 0.1) is 0 Å². The van der Waals surface area contributed by atoms with E-state index >= 15 is 0 Å². The van der Waals surface area contributed by atoms with Gasteiger partial charge in [0.25, 0.3) is 0 Å². The van der Waals surface area contributed by atoms with Crippen LogP contribution in [0.3, 0.4) is 0 Å². The van der Waals surface area contributed by atoms with Gasteiger partial charge in [0.05, 0.1) is 0 Å². The third-order valence-corrected chi connectivity index (χ3v) is 11.9. The second-order valence-electron chi connectivity index (χ2n) is 12.6. The molecule has 6 rings (SSSR count). The molecule has 55 heavy (non-hydrogen) atoms. The molecule has 0 aliphatic heterocycles.